The molecule has 0 amide bonds. The number of nitrogens with zero attached hydrogens (tertiary/aromatic N) is 4. The van der Waals surface area contributed by atoms with Gasteiger partial charge >= 0.3 is 0 Å². The standard InChI is InChI=1S/C21H25N5O2/c1-16-3-5-17(6-4-16)20-24-21(28-25-20)18-7-8-19(23-15-18)22-9-2-10-26-11-13-27-14-12-26/h3-8,15H,2,9-14H2,1H3,(H,22,23). The van der Waals surface area contributed by atoms with Crippen molar-refractivity contribution in [2.45, 2.75) is 13.3 Å². The minimum Gasteiger partial charge on any atom is -0.379 e. The number of pyridine rings is 1. The molecule has 1 aliphatic rings. The smallest absolute Gasteiger partial charge is 0.259 e. The molecule has 146 valence electrons. The topological polar surface area (TPSA) is 76.3 Å². The van der Waals surface area contributed by atoms with Crippen LogP contribution in [0.4, 0.5) is 5.82 Å². The van der Waals surface area contributed by atoms with E-state index in [0.717, 1.165) is 62.8 Å². The summed E-state index contributed by atoms with van der Waals surface area (Å²) in [5.41, 5.74) is 2.95. The first-order valence-corrected chi connectivity index (χ1v) is 9.69. The number of morpholine rings is 1. The van der Waals surface area contributed by atoms with Crippen molar-refractivity contribution < 1.29 is 9.26 Å². The minimum absolute atomic E-state index is 0.474. The molecular weight excluding hydrogens is 354 g/mol. The van der Waals surface area contributed by atoms with Gasteiger partial charge in [0.15, 0.2) is 0 Å². The second-order valence-corrected chi connectivity index (χ2v) is 6.96. The fraction of sp³-hybridized carbons (Fsp3) is 0.381. The third-order valence-electron chi connectivity index (χ3n) is 4.81. The molecule has 4 rings (SSSR count). The Morgan fingerprint density at radius 3 is 2.57 bits per heavy atom. The zero-order chi connectivity index (χ0) is 19.2. The summed E-state index contributed by atoms with van der Waals surface area (Å²) in [4.78, 5) is 11.4. The van der Waals surface area contributed by atoms with E-state index in [0.29, 0.717) is 11.7 Å². The van der Waals surface area contributed by atoms with Gasteiger partial charge in [0.2, 0.25) is 5.82 Å². The van der Waals surface area contributed by atoms with E-state index in [1.165, 1.54) is 5.56 Å². The average Bonchev–Trinajstić information content (AvgIpc) is 3.23. The van der Waals surface area contributed by atoms with Gasteiger partial charge in [0.25, 0.3) is 5.89 Å². The number of anilines is 1. The van der Waals surface area contributed by atoms with E-state index in [1.54, 1.807) is 6.20 Å². The molecule has 0 radical (unpaired) electrons. The van der Waals surface area contributed by atoms with Crippen LogP contribution in [-0.2, 0) is 4.74 Å². The molecule has 3 aromatic rings. The molecule has 1 N–H and O–H groups in total. The number of rotatable bonds is 7. The second-order valence-electron chi connectivity index (χ2n) is 6.96. The molecule has 0 bridgehead atoms. The number of hydrogen-bond donors (Lipinski definition) is 1. The Hall–Kier alpha value is -2.77. The first kappa shape index (κ1) is 18.6. The lowest BCUT2D eigenvalue weighted by Gasteiger charge is -2.26. The van der Waals surface area contributed by atoms with E-state index in [4.69, 9.17) is 9.26 Å². The number of benzene rings is 1. The molecule has 2 aromatic heterocycles. The Labute approximate surface area is 164 Å². The van der Waals surface area contributed by atoms with Crippen molar-refractivity contribution in [1.82, 2.24) is 20.0 Å². The maximum Gasteiger partial charge on any atom is 0.259 e. The van der Waals surface area contributed by atoms with Gasteiger partial charge in [-0.15, -0.1) is 0 Å². The number of hydrogen-bond acceptors (Lipinski definition) is 7. The quantitative estimate of drug-likeness (QED) is 0.632. The highest BCUT2D eigenvalue weighted by molar-refractivity contribution is 5.60. The van der Waals surface area contributed by atoms with Crippen molar-refractivity contribution in [3.8, 4) is 22.8 Å². The molecule has 0 unspecified atom stereocenters. The van der Waals surface area contributed by atoms with Gasteiger partial charge in [-0.2, -0.15) is 4.98 Å². The van der Waals surface area contributed by atoms with Gasteiger partial charge in [-0.3, -0.25) is 4.90 Å². The van der Waals surface area contributed by atoms with Gasteiger partial charge in [-0.25, -0.2) is 4.98 Å². The maximum atomic E-state index is 5.40. The lowest BCUT2D eigenvalue weighted by molar-refractivity contribution is 0.0378. The fourth-order valence-electron chi connectivity index (χ4n) is 3.13. The Morgan fingerprint density at radius 1 is 1.04 bits per heavy atom. The van der Waals surface area contributed by atoms with Crippen LogP contribution >= 0.6 is 0 Å². The van der Waals surface area contributed by atoms with Gasteiger partial charge in [0.05, 0.1) is 18.8 Å². The van der Waals surface area contributed by atoms with Crippen LogP contribution in [0.1, 0.15) is 12.0 Å². The highest BCUT2D eigenvalue weighted by atomic mass is 16.5. The largest absolute Gasteiger partial charge is 0.379 e. The highest BCUT2D eigenvalue weighted by Crippen LogP contribution is 2.22. The van der Waals surface area contributed by atoms with Gasteiger partial charge in [-0.05, 0) is 32.0 Å². The molecule has 0 atom stereocenters. The lowest BCUT2D eigenvalue weighted by atomic mass is 10.1. The maximum absolute atomic E-state index is 5.40. The molecule has 1 saturated heterocycles. The van der Waals surface area contributed by atoms with Gasteiger partial charge in [-0.1, -0.05) is 35.0 Å². The van der Waals surface area contributed by atoms with Crippen LogP contribution in [0.15, 0.2) is 47.1 Å². The Bertz CT molecular complexity index is 871. The molecule has 3 heterocycles. The lowest BCUT2D eigenvalue weighted by Crippen LogP contribution is -2.37. The van der Waals surface area contributed by atoms with E-state index in [-0.39, 0.29) is 0 Å². The van der Waals surface area contributed by atoms with Crippen LogP contribution < -0.4 is 5.32 Å². The zero-order valence-electron chi connectivity index (χ0n) is 16.1. The van der Waals surface area contributed by atoms with Crippen molar-refractivity contribution in [3.05, 3.63) is 48.2 Å². The van der Waals surface area contributed by atoms with Gasteiger partial charge in [0, 0.05) is 31.4 Å². The summed E-state index contributed by atoms with van der Waals surface area (Å²) in [5, 5.41) is 7.44. The van der Waals surface area contributed by atoms with Gasteiger partial charge in [0.1, 0.15) is 5.82 Å². The number of aryl methyl sites for hydroxylation is 1. The number of ether oxygens (including phenoxy) is 1. The molecule has 7 heteroatoms. The summed E-state index contributed by atoms with van der Waals surface area (Å²) in [6.45, 7) is 7.77. The molecule has 7 nitrogen and oxygen atoms in total. The Balaban J connectivity index is 1.30. The van der Waals surface area contributed by atoms with Crippen LogP contribution in [0.25, 0.3) is 22.8 Å². The second kappa shape index (κ2) is 8.95. The molecule has 1 fully saturated rings. The fourth-order valence-corrected chi connectivity index (χ4v) is 3.13. The Kier molecular flexibility index (Phi) is 5.94. The van der Waals surface area contributed by atoms with Crippen LogP contribution in [0.3, 0.4) is 0 Å². The van der Waals surface area contributed by atoms with Gasteiger partial charge < -0.3 is 14.6 Å². The zero-order valence-corrected chi connectivity index (χ0v) is 16.1. The summed E-state index contributed by atoms with van der Waals surface area (Å²) in [5.74, 6) is 1.91. The van der Waals surface area contributed by atoms with Crippen LogP contribution in [-0.4, -0.2) is 59.4 Å². The van der Waals surface area contributed by atoms with Crippen molar-refractivity contribution in [2.75, 3.05) is 44.7 Å². The molecule has 0 saturated carbocycles. The van der Waals surface area contributed by atoms with Crippen LogP contribution in [0.2, 0.25) is 0 Å². The number of nitrogens with one attached hydrogen (secondary N) is 1. The van der Waals surface area contributed by atoms with E-state index in [9.17, 15) is 0 Å². The normalized spacial score (nSPS) is 14.9. The SMILES string of the molecule is Cc1ccc(-c2noc(-c3ccc(NCCCN4CCOCC4)nc3)n2)cc1. The summed E-state index contributed by atoms with van der Waals surface area (Å²) in [6, 6.07) is 11.9. The summed E-state index contributed by atoms with van der Waals surface area (Å²) < 4.78 is 10.8. The van der Waals surface area contributed by atoms with Crippen molar-refractivity contribution in [2.24, 2.45) is 0 Å². The average molecular weight is 379 g/mol. The predicted octanol–water partition coefficient (Wildman–Crippen LogP) is 3.24. The van der Waals surface area contributed by atoms with Crippen LogP contribution in [0.5, 0.6) is 0 Å². The van der Waals surface area contributed by atoms with Crippen molar-refractivity contribution >= 4 is 5.82 Å². The van der Waals surface area contributed by atoms with Crippen molar-refractivity contribution in [1.29, 1.82) is 0 Å². The van der Waals surface area contributed by atoms with E-state index in [2.05, 4.69) is 32.3 Å². The third-order valence-corrected chi connectivity index (χ3v) is 4.81. The van der Waals surface area contributed by atoms with E-state index >= 15 is 0 Å². The predicted molar refractivity (Wildman–Crippen MR) is 108 cm³/mol. The first-order chi connectivity index (χ1) is 13.8. The van der Waals surface area contributed by atoms with E-state index in [1.807, 2.05) is 36.4 Å². The molecule has 1 aromatic carbocycles. The summed E-state index contributed by atoms with van der Waals surface area (Å²) >= 11 is 0. The third kappa shape index (κ3) is 4.74. The summed E-state index contributed by atoms with van der Waals surface area (Å²) in [7, 11) is 0. The van der Waals surface area contributed by atoms with E-state index < -0.39 is 0 Å². The molecule has 0 aliphatic carbocycles. The molecule has 28 heavy (non-hydrogen) atoms. The monoisotopic (exact) mass is 379 g/mol. The molecule has 0 spiro atoms. The van der Waals surface area contributed by atoms with Crippen LogP contribution in [0, 0.1) is 6.92 Å². The first-order valence-electron chi connectivity index (χ1n) is 9.69. The minimum atomic E-state index is 0.474. The molecular formula is C21H25N5O2. The Morgan fingerprint density at radius 2 is 1.82 bits per heavy atom. The van der Waals surface area contributed by atoms with Crippen molar-refractivity contribution in [3.63, 3.8) is 0 Å². The highest BCUT2D eigenvalue weighted by Gasteiger charge is 2.11. The summed E-state index contributed by atoms with van der Waals surface area (Å²) in [6.07, 6.45) is 2.84. The molecule has 1 aliphatic heterocycles. The number of aromatic nitrogens is 3.